The highest BCUT2D eigenvalue weighted by Crippen LogP contribution is 2.32. The van der Waals surface area contributed by atoms with E-state index in [1.165, 1.54) is 30.3 Å². The summed E-state index contributed by atoms with van der Waals surface area (Å²) in [5.74, 6) is -0.541. The molecule has 0 aliphatic carbocycles. The molecule has 1 aromatic rings. The van der Waals surface area contributed by atoms with Gasteiger partial charge >= 0.3 is 6.61 Å². The van der Waals surface area contributed by atoms with Gasteiger partial charge < -0.3 is 10.1 Å². The number of carbonyl (C=O) groups excluding carboxylic acids is 3. The minimum absolute atomic E-state index is 0.00840. The lowest BCUT2D eigenvalue weighted by atomic mass is 10.2. The van der Waals surface area contributed by atoms with Crippen LogP contribution in [0.25, 0.3) is 6.08 Å². The summed E-state index contributed by atoms with van der Waals surface area (Å²) in [6.07, 6.45) is 3.63. The number of amides is 3. The van der Waals surface area contributed by atoms with Gasteiger partial charge in [-0.05, 0) is 42.0 Å². The third-order valence-corrected chi connectivity index (χ3v) is 4.60. The van der Waals surface area contributed by atoms with E-state index in [0.717, 1.165) is 29.5 Å². The smallest absolute Gasteiger partial charge is 0.387 e. The molecule has 0 spiro atoms. The average Bonchev–Trinajstić information content (AvgIpc) is 2.88. The minimum Gasteiger partial charge on any atom is -0.435 e. The molecule has 146 valence electrons. The van der Waals surface area contributed by atoms with Crippen LogP contribution in [0.4, 0.5) is 13.6 Å². The van der Waals surface area contributed by atoms with Crippen LogP contribution in [0.5, 0.6) is 5.75 Å². The maximum Gasteiger partial charge on any atom is 0.387 e. The van der Waals surface area contributed by atoms with Crippen LogP contribution in [0.2, 0.25) is 0 Å². The van der Waals surface area contributed by atoms with Crippen molar-refractivity contribution in [2.45, 2.75) is 32.8 Å². The summed E-state index contributed by atoms with van der Waals surface area (Å²) in [6.45, 7) is -0.622. The van der Waals surface area contributed by atoms with E-state index in [1.54, 1.807) is 0 Å². The Morgan fingerprint density at radius 1 is 1.30 bits per heavy atom. The summed E-state index contributed by atoms with van der Waals surface area (Å²) >= 11 is 0.799. The van der Waals surface area contributed by atoms with Crippen LogP contribution in [0.1, 0.15) is 31.7 Å². The molecule has 27 heavy (non-hydrogen) atoms. The predicted molar refractivity (Wildman–Crippen MR) is 98.3 cm³/mol. The number of imide groups is 1. The highest BCUT2D eigenvalue weighted by atomic mass is 32.2. The second-order valence-electron chi connectivity index (χ2n) is 5.73. The Kier molecular flexibility index (Phi) is 7.78. The van der Waals surface area contributed by atoms with Crippen LogP contribution in [0, 0.1) is 0 Å². The van der Waals surface area contributed by atoms with Crippen molar-refractivity contribution in [3.05, 3.63) is 34.7 Å². The number of nitrogens with one attached hydrogen (secondary N) is 1. The van der Waals surface area contributed by atoms with Crippen molar-refractivity contribution in [1.29, 1.82) is 0 Å². The molecule has 3 amide bonds. The van der Waals surface area contributed by atoms with Gasteiger partial charge in [-0.25, -0.2) is 0 Å². The van der Waals surface area contributed by atoms with E-state index in [1.807, 2.05) is 6.92 Å². The van der Waals surface area contributed by atoms with E-state index in [-0.39, 0.29) is 29.7 Å². The molecule has 1 fully saturated rings. The molecule has 1 aliphatic heterocycles. The molecule has 1 aromatic carbocycles. The highest BCUT2D eigenvalue weighted by molar-refractivity contribution is 8.18. The van der Waals surface area contributed by atoms with Crippen molar-refractivity contribution >= 4 is 34.9 Å². The first-order chi connectivity index (χ1) is 12.9. The van der Waals surface area contributed by atoms with Crippen LogP contribution < -0.4 is 10.1 Å². The molecule has 2 rings (SSSR count). The van der Waals surface area contributed by atoms with Crippen molar-refractivity contribution in [3.8, 4) is 5.75 Å². The molecule has 1 saturated heterocycles. The summed E-state index contributed by atoms with van der Waals surface area (Å²) in [5, 5.41) is 2.27. The van der Waals surface area contributed by atoms with Crippen molar-refractivity contribution in [2.75, 3.05) is 13.1 Å². The molecule has 0 bridgehead atoms. The van der Waals surface area contributed by atoms with Crippen LogP contribution in [0.15, 0.2) is 29.2 Å². The Labute approximate surface area is 159 Å². The standard InChI is InChI=1S/C18H20F2N2O4S/c1-2-3-4-15(23)21-9-10-22-16(24)14(27-18(22)25)11-12-5-7-13(8-6-12)26-17(19)20/h5-8,11,17H,2-4,9-10H2,1H3,(H,21,23)/b14-11-. The van der Waals surface area contributed by atoms with Gasteiger partial charge in [0.1, 0.15) is 5.75 Å². The topological polar surface area (TPSA) is 75.7 Å². The fraction of sp³-hybridized carbons (Fsp3) is 0.389. The summed E-state index contributed by atoms with van der Waals surface area (Å²) in [5.41, 5.74) is 0.579. The van der Waals surface area contributed by atoms with Crippen molar-refractivity contribution in [3.63, 3.8) is 0 Å². The summed E-state index contributed by atoms with van der Waals surface area (Å²) in [7, 11) is 0. The molecule has 1 heterocycles. The molecule has 1 aliphatic rings. The van der Waals surface area contributed by atoms with Crippen LogP contribution in [-0.4, -0.2) is 41.7 Å². The number of benzene rings is 1. The van der Waals surface area contributed by atoms with E-state index in [0.29, 0.717) is 12.0 Å². The second-order valence-corrected chi connectivity index (χ2v) is 6.73. The molecular weight excluding hydrogens is 378 g/mol. The summed E-state index contributed by atoms with van der Waals surface area (Å²) in [6, 6.07) is 5.74. The van der Waals surface area contributed by atoms with Crippen LogP contribution in [-0.2, 0) is 9.59 Å². The van der Waals surface area contributed by atoms with E-state index in [9.17, 15) is 23.2 Å². The number of alkyl halides is 2. The Morgan fingerprint density at radius 2 is 2.00 bits per heavy atom. The zero-order valence-electron chi connectivity index (χ0n) is 14.7. The molecule has 6 nitrogen and oxygen atoms in total. The van der Waals surface area contributed by atoms with Crippen molar-refractivity contribution in [2.24, 2.45) is 0 Å². The molecule has 0 unspecified atom stereocenters. The molecular formula is C18H20F2N2O4S. The average molecular weight is 398 g/mol. The van der Waals surface area contributed by atoms with Gasteiger partial charge in [0.25, 0.3) is 11.1 Å². The maximum absolute atomic E-state index is 12.4. The van der Waals surface area contributed by atoms with E-state index < -0.39 is 17.8 Å². The lowest BCUT2D eigenvalue weighted by Crippen LogP contribution is -2.37. The molecule has 0 saturated carbocycles. The van der Waals surface area contributed by atoms with Gasteiger partial charge in [0, 0.05) is 19.5 Å². The van der Waals surface area contributed by atoms with Gasteiger partial charge in [-0.2, -0.15) is 8.78 Å². The fourth-order valence-electron chi connectivity index (χ4n) is 2.32. The van der Waals surface area contributed by atoms with E-state index in [2.05, 4.69) is 10.1 Å². The second kappa shape index (κ2) is 10.1. The molecule has 9 heteroatoms. The number of hydrogen-bond donors (Lipinski definition) is 1. The number of carbonyl (C=O) groups is 3. The number of unbranched alkanes of at least 4 members (excludes halogenated alkanes) is 1. The lowest BCUT2D eigenvalue weighted by molar-refractivity contribution is -0.124. The highest BCUT2D eigenvalue weighted by Gasteiger charge is 2.34. The minimum atomic E-state index is -2.91. The normalized spacial score (nSPS) is 15.7. The van der Waals surface area contributed by atoms with Crippen molar-refractivity contribution < 1.29 is 27.9 Å². The third kappa shape index (κ3) is 6.35. The number of thioether (sulfide) groups is 1. The van der Waals surface area contributed by atoms with Gasteiger partial charge in [0.15, 0.2) is 0 Å². The van der Waals surface area contributed by atoms with Gasteiger partial charge in [-0.1, -0.05) is 25.5 Å². The Balaban J connectivity index is 1.92. The Hall–Kier alpha value is -2.42. The van der Waals surface area contributed by atoms with E-state index in [4.69, 9.17) is 0 Å². The number of ether oxygens (including phenoxy) is 1. The lowest BCUT2D eigenvalue weighted by Gasteiger charge is -2.12. The first kappa shape index (κ1) is 20.9. The molecule has 1 N–H and O–H groups in total. The predicted octanol–water partition coefficient (Wildman–Crippen LogP) is 3.63. The van der Waals surface area contributed by atoms with Gasteiger partial charge in [0.2, 0.25) is 5.91 Å². The monoisotopic (exact) mass is 398 g/mol. The molecule has 0 atom stereocenters. The Bertz CT molecular complexity index is 723. The number of hydrogen-bond acceptors (Lipinski definition) is 5. The van der Waals surface area contributed by atoms with Crippen LogP contribution >= 0.6 is 11.8 Å². The number of halogens is 2. The molecule has 0 aromatic heterocycles. The SMILES string of the molecule is CCCCC(=O)NCCN1C(=O)S/C(=C\c2ccc(OC(F)F)cc2)C1=O. The fourth-order valence-corrected chi connectivity index (χ4v) is 3.19. The van der Waals surface area contributed by atoms with E-state index >= 15 is 0 Å². The van der Waals surface area contributed by atoms with Crippen molar-refractivity contribution in [1.82, 2.24) is 10.2 Å². The zero-order chi connectivity index (χ0) is 19.8. The first-order valence-electron chi connectivity index (χ1n) is 8.47. The first-order valence-corrected chi connectivity index (χ1v) is 9.29. The maximum atomic E-state index is 12.4. The van der Waals surface area contributed by atoms with Gasteiger partial charge in [-0.15, -0.1) is 0 Å². The largest absolute Gasteiger partial charge is 0.435 e. The Morgan fingerprint density at radius 3 is 2.63 bits per heavy atom. The zero-order valence-corrected chi connectivity index (χ0v) is 15.6. The molecule has 0 radical (unpaired) electrons. The third-order valence-electron chi connectivity index (χ3n) is 3.69. The van der Waals surface area contributed by atoms with Crippen LogP contribution in [0.3, 0.4) is 0 Å². The number of nitrogens with zero attached hydrogens (tertiary/aromatic N) is 1. The summed E-state index contributed by atoms with van der Waals surface area (Å²) < 4.78 is 28.6. The number of rotatable bonds is 9. The quantitative estimate of drug-likeness (QED) is 0.643. The summed E-state index contributed by atoms with van der Waals surface area (Å²) in [4.78, 5) is 37.3. The van der Waals surface area contributed by atoms with Gasteiger partial charge in [-0.3, -0.25) is 19.3 Å². The van der Waals surface area contributed by atoms with Gasteiger partial charge in [0.05, 0.1) is 4.91 Å².